The fourth-order valence-electron chi connectivity index (χ4n) is 7.87. The minimum atomic E-state index is -1.13. The van der Waals surface area contributed by atoms with Crippen molar-refractivity contribution in [3.05, 3.63) is 172 Å². The van der Waals surface area contributed by atoms with Gasteiger partial charge >= 0.3 is 29.4 Å². The number of carboxylic acid groups (broad SMARTS) is 1. The summed E-state index contributed by atoms with van der Waals surface area (Å²) in [5.74, 6) is -1.25. The van der Waals surface area contributed by atoms with Crippen LogP contribution in [0, 0.1) is 0 Å². The van der Waals surface area contributed by atoms with Crippen molar-refractivity contribution in [1.82, 2.24) is 39.0 Å². The Morgan fingerprint density at radius 2 is 1.00 bits per heavy atom. The highest BCUT2D eigenvalue weighted by Crippen LogP contribution is 2.37. The quantitative estimate of drug-likeness (QED) is 0.0151. The van der Waals surface area contributed by atoms with Crippen molar-refractivity contribution in [2.45, 2.75) is 59.2 Å². The second kappa shape index (κ2) is 34.7. The molecule has 4 heterocycles. The molecule has 0 fully saturated rings. The molecule has 29 heteroatoms. The number of aryl methyl sites for hydroxylation is 1. The number of halogens is 5. The van der Waals surface area contributed by atoms with Gasteiger partial charge in [0.2, 0.25) is 0 Å². The Morgan fingerprint density at radius 3 is 1.38 bits per heavy atom. The SMILES string of the molecule is C=C(CC)C(=O)c1ccc(OCC(=O)CCc2ccc(Cn3c(=O)[nH]c4c(N)nc(OCCOC)nc43)cc2)c(Cl)c1Cl.C=C(CC)C(=O)c1ccc(OCC(=O)O)c(Cl)c1Cl.COCCOc1nc(N)c2[nH]c(=O)n(Cc3ccc(CN)cc3)c2n1.[2H]CF. The normalized spacial score (nSPS) is 10.8. The molecule has 8 rings (SSSR count). The molecule has 24 nitrogen and oxygen atoms in total. The highest BCUT2D eigenvalue weighted by Gasteiger charge is 2.22. The van der Waals surface area contributed by atoms with Gasteiger partial charge in [-0.15, -0.1) is 0 Å². The van der Waals surface area contributed by atoms with Crippen LogP contribution in [-0.4, -0.2) is 128 Å². The van der Waals surface area contributed by atoms with E-state index in [0.29, 0.717) is 79.0 Å². The van der Waals surface area contributed by atoms with Gasteiger partial charge in [-0.2, -0.15) is 19.9 Å². The van der Waals surface area contributed by atoms with E-state index < -0.39 is 19.7 Å². The number of nitrogens with two attached hydrogens (primary N) is 3. The van der Waals surface area contributed by atoms with Crippen molar-refractivity contribution in [2.24, 2.45) is 5.73 Å². The number of fused-ring (bicyclic) bond motifs is 2. The zero-order chi connectivity index (χ0) is 66.2. The van der Waals surface area contributed by atoms with E-state index >= 15 is 0 Å². The third kappa shape index (κ3) is 19.4. The number of ketones is 3. The molecule has 8 aromatic rings. The lowest BCUT2D eigenvalue weighted by atomic mass is 10.0. The summed E-state index contributed by atoms with van der Waals surface area (Å²) in [7, 11) is 2.12. The number of H-pyrrole nitrogens is 2. The summed E-state index contributed by atoms with van der Waals surface area (Å²) in [5, 5.41) is 8.69. The predicted octanol–water partition coefficient (Wildman–Crippen LogP) is 9.24. The van der Waals surface area contributed by atoms with Crippen molar-refractivity contribution in [3.8, 4) is 23.5 Å². The standard InChI is InChI=1S/C30H31Cl2N5O6.C16H20N6O3.C13H12Cl2O4.CH3F/c1-4-17(2)26(39)21-11-12-22(24(32)23(21)31)43-16-20(38)10-9-18-5-7-19(8-6-18)15-37-28-25(34-30(37)40)27(33)35-29(36-28)42-14-13-41-3;1-24-6-7-25-15-20-13(18)12-14(21-15)22(16(23)19-12)9-11-4-2-10(8-17)3-5-11;1-3-7(2)13(18)8-4-5-9(12(15)11(8)14)19-6-10(16)17;1-2/h5-8,11-12H,2,4,9-10,13-16H2,1,3H3,(H,34,40)(H2,33,35,36);2-5H,6-9,17H2,1H3,(H,19,23)(H2,18,20,21);4-5H,2-3,6H2,1H3,(H,16,17);1H3/i;;;1D. The van der Waals surface area contributed by atoms with Crippen molar-refractivity contribution < 1.29 is 58.5 Å². The third-order valence-corrected chi connectivity index (χ3v) is 14.5. The lowest BCUT2D eigenvalue weighted by Gasteiger charge is -2.12. The minimum Gasteiger partial charge on any atom is -0.484 e. The fraction of sp³-hybridized carbons (Fsp3) is 0.300. The lowest BCUT2D eigenvalue weighted by molar-refractivity contribution is -0.139. The van der Waals surface area contributed by atoms with E-state index in [-0.39, 0.29) is 128 Å². The fourth-order valence-corrected chi connectivity index (χ4v) is 8.79. The molecule has 0 radical (unpaired) electrons. The average molecular weight is 1310 g/mol. The van der Waals surface area contributed by atoms with E-state index in [1.165, 1.54) is 33.4 Å². The Morgan fingerprint density at radius 1 is 0.607 bits per heavy atom. The molecule has 9 N–H and O–H groups in total. The lowest BCUT2D eigenvalue weighted by Crippen LogP contribution is -2.18. The number of carbonyl (C=O) groups is 4. The third-order valence-electron chi connectivity index (χ3n) is 12.8. The summed E-state index contributed by atoms with van der Waals surface area (Å²) in [6.45, 7) is 12.6. The van der Waals surface area contributed by atoms with Crippen molar-refractivity contribution in [1.29, 1.82) is 0 Å². The molecule has 0 saturated carbocycles. The van der Waals surface area contributed by atoms with Crippen LogP contribution in [0.5, 0.6) is 23.5 Å². The Hall–Kier alpha value is -8.69. The number of methoxy groups -OCH3 is 2. The Balaban J connectivity index is 0.000000264. The van der Waals surface area contributed by atoms with Gasteiger partial charge in [-0.25, -0.2) is 14.4 Å². The van der Waals surface area contributed by atoms with E-state index in [9.17, 15) is 33.2 Å². The number of rotatable bonds is 28. The van der Waals surface area contributed by atoms with Gasteiger partial charge in [-0.05, 0) is 76.9 Å². The summed E-state index contributed by atoms with van der Waals surface area (Å²) in [6, 6.07) is 21.3. The largest absolute Gasteiger partial charge is 0.484 e. The smallest absolute Gasteiger partial charge is 0.341 e. The molecular weight excluding hydrogens is 1240 g/mol. The number of hydrogen-bond acceptors (Lipinski definition) is 19. The number of Topliss-reactive ketones (excluding diaryl/α,β-unsaturated/α-hetero) is 3. The first-order valence-electron chi connectivity index (χ1n) is 27.6. The number of aromatic nitrogens is 8. The first-order valence-corrected chi connectivity index (χ1v) is 28.4. The van der Waals surface area contributed by atoms with Crippen LogP contribution in [0.4, 0.5) is 16.0 Å². The highest BCUT2D eigenvalue weighted by atomic mass is 35.5. The van der Waals surface area contributed by atoms with E-state index in [4.69, 9.17) is 98.5 Å². The van der Waals surface area contributed by atoms with E-state index in [1.807, 2.05) is 55.5 Å². The number of ether oxygens (including phenoxy) is 6. The van der Waals surface area contributed by atoms with E-state index in [0.717, 1.165) is 22.3 Å². The predicted molar refractivity (Wildman–Crippen MR) is 338 cm³/mol. The van der Waals surface area contributed by atoms with Gasteiger partial charge in [0.15, 0.2) is 46.9 Å². The summed E-state index contributed by atoms with van der Waals surface area (Å²) in [6.07, 6.45) is 1.72. The Kier molecular flexibility index (Phi) is 27.1. The van der Waals surface area contributed by atoms with Gasteiger partial charge in [0.05, 0.1) is 44.9 Å². The number of nitrogens with one attached hydrogen (secondary N) is 2. The van der Waals surface area contributed by atoms with Crippen LogP contribution in [0.25, 0.3) is 22.3 Å². The Bertz CT molecular complexity index is 3960. The number of imidazole rings is 2. The average Bonchev–Trinajstić information content (AvgIpc) is 1.63. The summed E-state index contributed by atoms with van der Waals surface area (Å²) < 4.78 is 49.8. The van der Waals surface area contributed by atoms with Crippen LogP contribution in [0.2, 0.25) is 20.1 Å². The van der Waals surface area contributed by atoms with Crippen LogP contribution < -0.4 is 47.5 Å². The van der Waals surface area contributed by atoms with Crippen LogP contribution in [0.3, 0.4) is 0 Å². The van der Waals surface area contributed by atoms with Gasteiger partial charge in [0.25, 0.3) is 0 Å². The summed E-state index contributed by atoms with van der Waals surface area (Å²) in [4.78, 5) is 94.4. The number of anilines is 2. The van der Waals surface area contributed by atoms with Crippen LogP contribution in [-0.2, 0) is 45.1 Å². The van der Waals surface area contributed by atoms with Crippen LogP contribution in [0.15, 0.2) is 107 Å². The van der Waals surface area contributed by atoms with Crippen molar-refractivity contribution >= 4 is 104 Å². The molecule has 0 aliphatic rings. The first-order chi connectivity index (χ1) is 43.0. The van der Waals surface area contributed by atoms with Gasteiger partial charge < -0.3 is 60.7 Å². The molecule has 4 aromatic carbocycles. The number of alkyl halides is 1. The molecule has 89 heavy (non-hydrogen) atoms. The molecule has 0 saturated heterocycles. The molecule has 0 atom stereocenters. The molecule has 0 amide bonds. The van der Waals surface area contributed by atoms with Gasteiger partial charge in [-0.3, -0.25) is 27.9 Å². The second-order valence-corrected chi connectivity index (χ2v) is 20.3. The second-order valence-electron chi connectivity index (χ2n) is 18.8. The highest BCUT2D eigenvalue weighted by molar-refractivity contribution is 6.46. The molecule has 4 aromatic heterocycles. The summed E-state index contributed by atoms with van der Waals surface area (Å²) >= 11 is 24.5. The van der Waals surface area contributed by atoms with Crippen molar-refractivity contribution in [3.63, 3.8) is 0 Å². The van der Waals surface area contributed by atoms with Crippen LogP contribution in [0.1, 0.15) is 77.5 Å². The number of carboxylic acids is 1. The molecule has 0 aliphatic heterocycles. The maximum absolute atomic E-state index is 12.6. The topological polar surface area (TPSA) is 349 Å². The van der Waals surface area contributed by atoms with Gasteiger partial charge in [0, 0.05) is 38.3 Å². The molecule has 474 valence electrons. The molecule has 0 aliphatic carbocycles. The van der Waals surface area contributed by atoms with Crippen LogP contribution >= 0.6 is 46.4 Å². The minimum absolute atomic E-state index is 0.0117. The number of nitrogens with zero attached hydrogens (tertiary/aromatic N) is 6. The number of aliphatic carboxylic acids is 1. The van der Waals surface area contributed by atoms with E-state index in [1.54, 1.807) is 21.1 Å². The molecule has 0 unspecified atom stereocenters. The number of nitrogen functional groups attached to an aromatic ring is 2. The summed E-state index contributed by atoms with van der Waals surface area (Å²) in [5.41, 5.74) is 23.3. The number of benzene rings is 4. The number of carbonyl (C=O) groups excluding carboxylic acids is 3. The molecule has 0 spiro atoms. The monoisotopic (exact) mass is 1310 g/mol. The zero-order valence-corrected chi connectivity index (χ0v) is 51.9. The number of hydrogen-bond donors (Lipinski definition) is 6. The molecule has 0 bridgehead atoms. The maximum Gasteiger partial charge on any atom is 0.341 e. The maximum atomic E-state index is 12.6. The molecular formula is C60H66Cl4FN11O13. The zero-order valence-electron chi connectivity index (χ0n) is 49.9. The van der Waals surface area contributed by atoms with Crippen molar-refractivity contribution in [2.75, 3.05) is 72.5 Å². The first kappa shape index (κ1) is 69.4. The number of allylic oxidation sites excluding steroid dienone is 2. The number of aromatic amines is 2. The van der Waals surface area contributed by atoms with E-state index in [2.05, 4.69) is 43.1 Å². The Labute approximate surface area is 531 Å². The van der Waals surface area contributed by atoms with Gasteiger partial charge in [-0.1, -0.05) is 122 Å². The van der Waals surface area contributed by atoms with Gasteiger partial charge in [0.1, 0.15) is 52.4 Å².